The standard InChI is InChI=1S/C12H19FN4/c1-2-9-4-3-6-17(7-5-9)11-10(13)8-15-12(14)16-11/h8-9H,2-7H2,1H3,(H2,14,15,16). The van der Waals surface area contributed by atoms with Gasteiger partial charge in [0.15, 0.2) is 11.6 Å². The molecule has 1 aromatic rings. The van der Waals surface area contributed by atoms with Gasteiger partial charge in [0.1, 0.15) is 0 Å². The highest BCUT2D eigenvalue weighted by atomic mass is 19.1. The molecule has 2 N–H and O–H groups in total. The van der Waals surface area contributed by atoms with Crippen LogP contribution in [0.15, 0.2) is 6.20 Å². The zero-order valence-electron chi connectivity index (χ0n) is 10.2. The van der Waals surface area contributed by atoms with E-state index in [-0.39, 0.29) is 11.8 Å². The van der Waals surface area contributed by atoms with Crippen LogP contribution in [0.5, 0.6) is 0 Å². The van der Waals surface area contributed by atoms with Crippen molar-refractivity contribution >= 4 is 11.8 Å². The predicted octanol–water partition coefficient (Wildman–Crippen LogP) is 2.21. The molecule has 5 heteroatoms. The van der Waals surface area contributed by atoms with Gasteiger partial charge < -0.3 is 10.6 Å². The molecule has 0 aromatic carbocycles. The molecule has 1 fully saturated rings. The number of anilines is 2. The highest BCUT2D eigenvalue weighted by Gasteiger charge is 2.19. The van der Waals surface area contributed by atoms with E-state index in [0.29, 0.717) is 5.82 Å². The Hall–Kier alpha value is -1.39. The Labute approximate surface area is 101 Å². The number of nitrogens with zero attached hydrogens (tertiary/aromatic N) is 3. The van der Waals surface area contributed by atoms with Crippen molar-refractivity contribution in [2.24, 2.45) is 5.92 Å². The van der Waals surface area contributed by atoms with Gasteiger partial charge in [-0.3, -0.25) is 0 Å². The maximum Gasteiger partial charge on any atom is 0.222 e. The summed E-state index contributed by atoms with van der Waals surface area (Å²) in [6.07, 6.45) is 5.75. The molecule has 4 nitrogen and oxygen atoms in total. The molecule has 0 spiro atoms. The molecule has 1 saturated heterocycles. The molecule has 0 aliphatic carbocycles. The summed E-state index contributed by atoms with van der Waals surface area (Å²) in [6, 6.07) is 0. The van der Waals surface area contributed by atoms with Crippen LogP contribution in [0.4, 0.5) is 16.2 Å². The van der Waals surface area contributed by atoms with E-state index in [0.717, 1.165) is 38.0 Å². The molecular weight excluding hydrogens is 219 g/mol. The van der Waals surface area contributed by atoms with Gasteiger partial charge in [-0.15, -0.1) is 0 Å². The Balaban J connectivity index is 2.13. The van der Waals surface area contributed by atoms with Gasteiger partial charge in [0.25, 0.3) is 0 Å². The lowest BCUT2D eigenvalue weighted by Crippen LogP contribution is -2.26. The number of hydrogen-bond acceptors (Lipinski definition) is 4. The van der Waals surface area contributed by atoms with Gasteiger partial charge >= 0.3 is 0 Å². The number of nitrogens with two attached hydrogens (primary N) is 1. The molecule has 0 saturated carbocycles. The first-order valence-electron chi connectivity index (χ1n) is 6.23. The number of hydrogen-bond donors (Lipinski definition) is 1. The van der Waals surface area contributed by atoms with E-state index in [1.54, 1.807) is 0 Å². The van der Waals surface area contributed by atoms with Crippen LogP contribution in [0.25, 0.3) is 0 Å². The topological polar surface area (TPSA) is 55.0 Å². The highest BCUT2D eigenvalue weighted by molar-refractivity contribution is 5.42. The Morgan fingerprint density at radius 1 is 1.47 bits per heavy atom. The number of halogens is 1. The van der Waals surface area contributed by atoms with Crippen molar-refractivity contribution in [3.63, 3.8) is 0 Å². The second-order valence-electron chi connectivity index (χ2n) is 4.59. The maximum atomic E-state index is 13.6. The largest absolute Gasteiger partial charge is 0.368 e. The average molecular weight is 238 g/mol. The van der Waals surface area contributed by atoms with Crippen LogP contribution in [-0.4, -0.2) is 23.1 Å². The quantitative estimate of drug-likeness (QED) is 0.858. The lowest BCUT2D eigenvalue weighted by atomic mass is 9.98. The van der Waals surface area contributed by atoms with Crippen LogP contribution in [0.1, 0.15) is 32.6 Å². The minimum Gasteiger partial charge on any atom is -0.368 e. The van der Waals surface area contributed by atoms with Crippen LogP contribution in [-0.2, 0) is 0 Å². The molecule has 0 amide bonds. The first-order valence-corrected chi connectivity index (χ1v) is 6.23. The summed E-state index contributed by atoms with van der Waals surface area (Å²) in [5.74, 6) is 0.864. The van der Waals surface area contributed by atoms with Crippen LogP contribution >= 0.6 is 0 Å². The van der Waals surface area contributed by atoms with Crippen molar-refractivity contribution in [2.75, 3.05) is 23.7 Å². The number of rotatable bonds is 2. The monoisotopic (exact) mass is 238 g/mol. The van der Waals surface area contributed by atoms with Crippen LogP contribution in [0, 0.1) is 11.7 Å². The van der Waals surface area contributed by atoms with E-state index in [2.05, 4.69) is 16.9 Å². The van der Waals surface area contributed by atoms with Crippen LogP contribution in [0.3, 0.4) is 0 Å². The Kier molecular flexibility index (Phi) is 3.76. The third-order valence-electron chi connectivity index (χ3n) is 3.47. The Bertz CT molecular complexity index is 383. The first-order chi connectivity index (χ1) is 8.20. The van der Waals surface area contributed by atoms with E-state index in [1.165, 1.54) is 12.8 Å². The molecule has 1 aromatic heterocycles. The van der Waals surface area contributed by atoms with E-state index >= 15 is 0 Å². The lowest BCUT2D eigenvalue weighted by Gasteiger charge is -2.21. The van der Waals surface area contributed by atoms with Crippen molar-refractivity contribution in [3.8, 4) is 0 Å². The summed E-state index contributed by atoms with van der Waals surface area (Å²) in [5, 5.41) is 0. The van der Waals surface area contributed by atoms with E-state index in [4.69, 9.17) is 5.73 Å². The summed E-state index contributed by atoms with van der Waals surface area (Å²) in [7, 11) is 0. The fourth-order valence-electron chi connectivity index (χ4n) is 2.38. The predicted molar refractivity (Wildman–Crippen MR) is 66.2 cm³/mol. The van der Waals surface area contributed by atoms with Gasteiger partial charge in [0.2, 0.25) is 5.95 Å². The van der Waals surface area contributed by atoms with Crippen LogP contribution in [0.2, 0.25) is 0 Å². The summed E-state index contributed by atoms with van der Waals surface area (Å²) in [6.45, 7) is 3.92. The SMILES string of the molecule is CCC1CCCN(c2nc(N)ncc2F)CC1. The number of nitrogen functional groups attached to an aromatic ring is 1. The highest BCUT2D eigenvalue weighted by Crippen LogP contribution is 2.24. The van der Waals surface area contributed by atoms with Crippen molar-refractivity contribution in [2.45, 2.75) is 32.6 Å². The van der Waals surface area contributed by atoms with Crippen LogP contribution < -0.4 is 10.6 Å². The summed E-state index contributed by atoms with van der Waals surface area (Å²) >= 11 is 0. The summed E-state index contributed by atoms with van der Waals surface area (Å²) in [4.78, 5) is 9.65. The molecule has 1 aliphatic rings. The third kappa shape index (κ3) is 2.84. The minimum atomic E-state index is -0.380. The first kappa shape index (κ1) is 12.1. The number of aromatic nitrogens is 2. The molecular formula is C12H19FN4. The molecule has 1 aliphatic heterocycles. The zero-order chi connectivity index (χ0) is 12.3. The van der Waals surface area contributed by atoms with E-state index in [1.807, 2.05) is 4.90 Å². The average Bonchev–Trinajstić information content (AvgIpc) is 2.57. The fraction of sp³-hybridized carbons (Fsp3) is 0.667. The van der Waals surface area contributed by atoms with Gasteiger partial charge in [-0.05, 0) is 25.2 Å². The van der Waals surface area contributed by atoms with Crippen molar-refractivity contribution < 1.29 is 4.39 Å². The smallest absolute Gasteiger partial charge is 0.222 e. The molecule has 2 rings (SSSR count). The molecule has 17 heavy (non-hydrogen) atoms. The molecule has 2 heterocycles. The van der Waals surface area contributed by atoms with E-state index in [9.17, 15) is 4.39 Å². The van der Waals surface area contributed by atoms with Crippen molar-refractivity contribution in [1.29, 1.82) is 0 Å². The second kappa shape index (κ2) is 5.29. The summed E-state index contributed by atoms with van der Waals surface area (Å²) < 4.78 is 13.6. The van der Waals surface area contributed by atoms with E-state index < -0.39 is 0 Å². The van der Waals surface area contributed by atoms with Crippen molar-refractivity contribution in [1.82, 2.24) is 9.97 Å². The van der Waals surface area contributed by atoms with Gasteiger partial charge in [-0.2, -0.15) is 4.98 Å². The third-order valence-corrected chi connectivity index (χ3v) is 3.47. The van der Waals surface area contributed by atoms with Gasteiger partial charge in [0.05, 0.1) is 6.20 Å². The minimum absolute atomic E-state index is 0.137. The zero-order valence-corrected chi connectivity index (χ0v) is 10.2. The van der Waals surface area contributed by atoms with Gasteiger partial charge in [0, 0.05) is 13.1 Å². The normalized spacial score (nSPS) is 21.3. The van der Waals surface area contributed by atoms with Gasteiger partial charge in [-0.25, -0.2) is 9.37 Å². The Morgan fingerprint density at radius 2 is 2.29 bits per heavy atom. The second-order valence-corrected chi connectivity index (χ2v) is 4.59. The molecule has 0 bridgehead atoms. The molecule has 1 atom stereocenters. The lowest BCUT2D eigenvalue weighted by molar-refractivity contribution is 0.459. The molecule has 94 valence electrons. The van der Waals surface area contributed by atoms with Gasteiger partial charge in [-0.1, -0.05) is 13.3 Å². The fourth-order valence-corrected chi connectivity index (χ4v) is 2.38. The summed E-state index contributed by atoms with van der Waals surface area (Å²) in [5.41, 5.74) is 5.51. The van der Waals surface area contributed by atoms with Crippen molar-refractivity contribution in [3.05, 3.63) is 12.0 Å². The molecule has 0 radical (unpaired) electrons. The molecule has 1 unspecified atom stereocenters. The maximum absolute atomic E-state index is 13.6. The Morgan fingerprint density at radius 3 is 3.06 bits per heavy atom.